The number of carbonyl (C=O) groups is 14. The Kier molecular flexibility index (Phi) is 38.1. The third-order valence-corrected chi connectivity index (χ3v) is 16.0. The van der Waals surface area contributed by atoms with E-state index in [1.165, 1.54) is 26.8 Å². The maximum Gasteiger partial charge on any atom is 0.326 e. The molecule has 7 amide bonds. The molecular formula is C64H95N11O22. The number of amides is 7. The summed E-state index contributed by atoms with van der Waals surface area (Å²) < 4.78 is 0. The zero-order valence-corrected chi connectivity index (χ0v) is 54.7. The Labute approximate surface area is 561 Å². The van der Waals surface area contributed by atoms with Gasteiger partial charge in [0.05, 0.1) is 25.7 Å². The van der Waals surface area contributed by atoms with E-state index in [1.54, 1.807) is 48.2 Å². The molecule has 0 saturated carbocycles. The molecular weight excluding hydrogens is 1270 g/mol. The number of aldehydes is 1. The van der Waals surface area contributed by atoms with Gasteiger partial charge in [-0.05, 0) is 93.9 Å². The second-order valence-electron chi connectivity index (χ2n) is 23.8. The summed E-state index contributed by atoms with van der Waals surface area (Å²) in [4.78, 5) is 181. The van der Waals surface area contributed by atoms with E-state index >= 15 is 0 Å². The summed E-state index contributed by atoms with van der Waals surface area (Å²) in [5.74, 6) is -11.7. The van der Waals surface area contributed by atoms with Gasteiger partial charge in [-0.2, -0.15) is 0 Å². The number of aromatic hydroxyl groups is 1. The summed E-state index contributed by atoms with van der Waals surface area (Å²) in [5, 5.41) is 96.2. The highest BCUT2D eigenvalue weighted by molar-refractivity contribution is 5.94. The van der Waals surface area contributed by atoms with E-state index in [4.69, 9.17) is 5.11 Å². The number of phenols is 1. The first kappa shape index (κ1) is 81.9. The highest BCUT2D eigenvalue weighted by Crippen LogP contribution is 2.19. The van der Waals surface area contributed by atoms with Crippen molar-refractivity contribution in [3.8, 4) is 5.75 Å². The molecule has 1 aliphatic heterocycles. The van der Waals surface area contributed by atoms with Gasteiger partial charge in [0.2, 0.25) is 29.5 Å². The number of rotatable bonds is 45. The Morgan fingerprint density at radius 3 is 1.36 bits per heavy atom. The standard InChI is InChI=1S/C64H95N11O22/c1-42-35-44(19-22-51(42)77)37-48(68-54(80)23-21-50(63(95)96)75-33-31-73(39-57(85)86)29-27-72(38-56(83)84)28-30-74(32-34-75)40-58(87)88)59(89)70-49(36-43-13-5-4-6-14-43)60(90)69-46(61(91)92)15-9-11-25-65-52(78)17-7-2-3-8-18-53(79)66-26-12-10-16-47(62(93)94)71-64(97)67-45(41-76)20-24-55(81)82/h4-6,13-14,19,22,35,41,45-50,77H,2-3,7-12,15-18,20-21,23-34,36-40H2,1H3,(H,65,78)(H,66,79)(H,68,80)(H,69,90)(H,70,89)(H,81,82)(H,83,84)(H,85,86)(H,87,88)(H,91,92)(H,93,94)(H,95,96)(H2,67,71,97). The van der Waals surface area contributed by atoms with Gasteiger partial charge >= 0.3 is 47.8 Å². The number of unbranched alkanes of at least 4 members (excludes halogenated alkanes) is 5. The lowest BCUT2D eigenvalue weighted by Gasteiger charge is -2.35. The molecule has 538 valence electrons. The van der Waals surface area contributed by atoms with Crippen LogP contribution in [0.3, 0.4) is 0 Å². The minimum absolute atomic E-state index is 0.00200. The summed E-state index contributed by atoms with van der Waals surface area (Å²) in [6.45, 7) is 1.01. The zero-order valence-electron chi connectivity index (χ0n) is 54.7. The van der Waals surface area contributed by atoms with Crippen LogP contribution in [0.15, 0.2) is 48.5 Å². The highest BCUT2D eigenvalue weighted by atomic mass is 16.4. The molecule has 2 aromatic carbocycles. The number of carbonyl (C=O) groups excluding carboxylic acids is 7. The van der Waals surface area contributed by atoms with Gasteiger partial charge in [0, 0.05) is 104 Å². The second kappa shape index (κ2) is 45.2. The van der Waals surface area contributed by atoms with E-state index in [9.17, 15) is 103 Å². The van der Waals surface area contributed by atoms with Gasteiger partial charge in [0.15, 0.2) is 0 Å². The largest absolute Gasteiger partial charge is 0.508 e. The molecule has 0 bridgehead atoms. The lowest BCUT2D eigenvalue weighted by atomic mass is 10.00. The summed E-state index contributed by atoms with van der Waals surface area (Å²) in [6.07, 6.45) is 2.79. The van der Waals surface area contributed by atoms with Crippen LogP contribution >= 0.6 is 0 Å². The summed E-state index contributed by atoms with van der Waals surface area (Å²) >= 11 is 0. The lowest BCUT2D eigenvalue weighted by Crippen LogP contribution is -2.57. The molecule has 1 aliphatic rings. The van der Waals surface area contributed by atoms with Crippen LogP contribution in [-0.2, 0) is 75.2 Å². The Bertz CT molecular complexity index is 2910. The van der Waals surface area contributed by atoms with Crippen molar-refractivity contribution in [3.63, 3.8) is 0 Å². The topological polar surface area (TPSA) is 498 Å². The Morgan fingerprint density at radius 1 is 0.443 bits per heavy atom. The zero-order chi connectivity index (χ0) is 71.8. The molecule has 1 saturated heterocycles. The number of urea groups is 1. The minimum atomic E-state index is -1.44. The minimum Gasteiger partial charge on any atom is -0.508 e. The number of aryl methyl sites for hydroxylation is 1. The third-order valence-electron chi connectivity index (χ3n) is 16.0. The maximum absolute atomic E-state index is 14.5. The van der Waals surface area contributed by atoms with Crippen molar-refractivity contribution in [3.05, 3.63) is 65.2 Å². The van der Waals surface area contributed by atoms with Gasteiger partial charge < -0.3 is 82.9 Å². The molecule has 0 aliphatic carbocycles. The molecule has 3 rings (SSSR count). The molecule has 33 nitrogen and oxygen atoms in total. The van der Waals surface area contributed by atoms with Crippen molar-refractivity contribution < 1.29 is 108 Å². The first-order chi connectivity index (χ1) is 46.1. The molecule has 6 unspecified atom stereocenters. The number of phenolic OH excluding ortho intramolecular Hbond substituents is 1. The monoisotopic (exact) mass is 1370 g/mol. The SMILES string of the molecule is Cc1cc(CC(NC(=O)CCC(C(=O)O)N2CCN(CC(=O)O)CCN(CC(=O)O)CCN(CC(=O)O)CC2)C(=O)NC(Cc2ccccc2)C(=O)NC(CCCCNC(=O)CCCCCCC(=O)NCCCCC(NC(=O)NC(C=O)CCC(=O)O)C(=O)O)C(=O)O)ccc1O. The fourth-order valence-electron chi connectivity index (χ4n) is 10.6. The van der Waals surface area contributed by atoms with Crippen LogP contribution in [0.5, 0.6) is 5.75 Å². The second-order valence-corrected chi connectivity index (χ2v) is 23.8. The van der Waals surface area contributed by atoms with Crippen molar-refractivity contribution in [2.24, 2.45) is 0 Å². The van der Waals surface area contributed by atoms with Crippen LogP contribution in [0, 0.1) is 6.92 Å². The molecule has 0 spiro atoms. The normalized spacial score (nSPS) is 15.4. The van der Waals surface area contributed by atoms with Gasteiger partial charge in [0.25, 0.3) is 0 Å². The number of carboxylic acid groups (broad SMARTS) is 7. The number of carboxylic acids is 7. The number of hydrogen-bond donors (Lipinski definition) is 15. The molecule has 1 fully saturated rings. The van der Waals surface area contributed by atoms with Crippen LogP contribution in [-0.4, -0.2) is 265 Å². The molecule has 2 aromatic rings. The smallest absolute Gasteiger partial charge is 0.326 e. The van der Waals surface area contributed by atoms with E-state index in [0.717, 1.165) is 0 Å². The number of benzene rings is 2. The van der Waals surface area contributed by atoms with Crippen molar-refractivity contribution >= 4 is 83.6 Å². The van der Waals surface area contributed by atoms with Gasteiger partial charge in [0.1, 0.15) is 42.2 Å². The van der Waals surface area contributed by atoms with Crippen LogP contribution in [0.25, 0.3) is 0 Å². The van der Waals surface area contributed by atoms with E-state index in [1.807, 2.05) is 0 Å². The number of nitrogens with one attached hydrogen (secondary N) is 7. The quantitative estimate of drug-likeness (QED) is 0.0302. The average molecular weight is 1370 g/mol. The lowest BCUT2D eigenvalue weighted by molar-refractivity contribution is -0.145. The van der Waals surface area contributed by atoms with Gasteiger partial charge in [-0.25, -0.2) is 14.4 Å². The molecule has 33 heteroatoms. The Balaban J connectivity index is 1.58. The van der Waals surface area contributed by atoms with Crippen LogP contribution in [0.1, 0.15) is 119 Å². The Morgan fingerprint density at radius 2 is 0.907 bits per heavy atom. The fraction of sp³-hybridized carbons (Fsp3) is 0.594. The van der Waals surface area contributed by atoms with Crippen LogP contribution in [0.2, 0.25) is 0 Å². The fourth-order valence-corrected chi connectivity index (χ4v) is 10.6. The Hall–Kier alpha value is -9.34. The van der Waals surface area contributed by atoms with Crippen molar-refractivity contribution in [1.29, 1.82) is 0 Å². The molecule has 1 heterocycles. The predicted molar refractivity (Wildman–Crippen MR) is 346 cm³/mol. The number of hydrogen-bond acceptors (Lipinski definition) is 19. The van der Waals surface area contributed by atoms with Crippen molar-refractivity contribution in [1.82, 2.24) is 56.8 Å². The third kappa shape index (κ3) is 35.3. The molecule has 0 radical (unpaired) electrons. The number of aliphatic carboxylic acids is 7. The highest BCUT2D eigenvalue weighted by Gasteiger charge is 2.33. The van der Waals surface area contributed by atoms with Crippen molar-refractivity contribution in [2.75, 3.05) is 85.1 Å². The van der Waals surface area contributed by atoms with Gasteiger partial charge in [-0.1, -0.05) is 55.3 Å². The van der Waals surface area contributed by atoms with Crippen LogP contribution in [0.4, 0.5) is 4.79 Å². The van der Waals surface area contributed by atoms with E-state index in [0.29, 0.717) is 67.9 Å². The van der Waals surface area contributed by atoms with E-state index < -0.39 is 121 Å². The van der Waals surface area contributed by atoms with Crippen LogP contribution < -0.4 is 37.2 Å². The van der Waals surface area contributed by atoms with Crippen molar-refractivity contribution in [2.45, 2.75) is 159 Å². The molecule has 0 aromatic heterocycles. The van der Waals surface area contributed by atoms with E-state index in [-0.39, 0.29) is 154 Å². The average Bonchev–Trinajstić information content (AvgIpc) is 0.887. The predicted octanol–water partition coefficient (Wildman–Crippen LogP) is -0.168. The van der Waals surface area contributed by atoms with Gasteiger partial charge in [-0.3, -0.25) is 67.5 Å². The maximum atomic E-state index is 14.5. The number of nitrogens with zero attached hydrogens (tertiary/aromatic N) is 4. The first-order valence-corrected chi connectivity index (χ1v) is 32.4. The molecule has 15 N–H and O–H groups in total. The summed E-state index contributed by atoms with van der Waals surface area (Å²) in [5.41, 5.74) is 1.48. The summed E-state index contributed by atoms with van der Waals surface area (Å²) in [7, 11) is 0. The molecule has 6 atom stereocenters. The van der Waals surface area contributed by atoms with Gasteiger partial charge in [-0.15, -0.1) is 0 Å². The molecule has 97 heavy (non-hydrogen) atoms. The first-order valence-electron chi connectivity index (χ1n) is 32.4. The summed E-state index contributed by atoms with van der Waals surface area (Å²) in [6, 6.07) is 3.98. The van der Waals surface area contributed by atoms with E-state index in [2.05, 4.69) is 37.2 Å².